The summed E-state index contributed by atoms with van der Waals surface area (Å²) in [6, 6.07) is 5.99. The van der Waals surface area contributed by atoms with E-state index in [2.05, 4.69) is 28.8 Å². The molecule has 0 aliphatic rings. The lowest BCUT2D eigenvalue weighted by Crippen LogP contribution is -1.88. The summed E-state index contributed by atoms with van der Waals surface area (Å²) in [5.41, 5.74) is 2.37. The highest BCUT2D eigenvalue weighted by molar-refractivity contribution is 7.98. The van der Waals surface area contributed by atoms with Crippen LogP contribution in [0.1, 0.15) is 16.1 Å². The second-order valence-corrected chi connectivity index (χ2v) is 6.42. The van der Waals surface area contributed by atoms with Gasteiger partial charge in [0, 0.05) is 22.2 Å². The Morgan fingerprint density at radius 3 is 2.84 bits per heavy atom. The molecule has 0 saturated heterocycles. The predicted octanol–water partition coefficient (Wildman–Crippen LogP) is 4.00. The van der Waals surface area contributed by atoms with Crippen LogP contribution in [0.2, 0.25) is 0 Å². The first-order valence-corrected chi connectivity index (χ1v) is 7.79. The van der Waals surface area contributed by atoms with Crippen LogP contribution in [-0.4, -0.2) is 15.0 Å². The fourth-order valence-electron chi connectivity index (χ4n) is 1.89. The fraction of sp³-hybridized carbons (Fsp3) is 0.214. The fourth-order valence-corrected chi connectivity index (χ4v) is 3.92. The topological polar surface area (TPSA) is 38.7 Å². The Morgan fingerprint density at radius 2 is 2.05 bits per heavy atom. The number of fused-ring (bicyclic) bond motifs is 1. The average Bonchev–Trinajstić information content (AvgIpc) is 2.74. The monoisotopic (exact) mass is 287 g/mol. The number of thioether (sulfide) groups is 1. The third kappa shape index (κ3) is 2.48. The Balaban J connectivity index is 1.93. The van der Waals surface area contributed by atoms with E-state index in [4.69, 9.17) is 0 Å². The van der Waals surface area contributed by atoms with Crippen LogP contribution in [0.4, 0.5) is 0 Å². The number of nitrogens with zero attached hydrogens (tertiary/aromatic N) is 3. The Hall–Kier alpha value is -1.46. The van der Waals surface area contributed by atoms with Gasteiger partial charge in [0.1, 0.15) is 16.2 Å². The zero-order chi connectivity index (χ0) is 13.2. The van der Waals surface area contributed by atoms with E-state index in [1.807, 2.05) is 24.4 Å². The molecule has 0 radical (unpaired) electrons. The first-order chi connectivity index (χ1) is 9.25. The van der Waals surface area contributed by atoms with E-state index in [9.17, 15) is 0 Å². The van der Waals surface area contributed by atoms with E-state index in [0.717, 1.165) is 21.3 Å². The van der Waals surface area contributed by atoms with Crippen LogP contribution < -0.4 is 0 Å². The van der Waals surface area contributed by atoms with Crippen molar-refractivity contribution in [3.63, 3.8) is 0 Å². The molecular formula is C14H13N3S2. The largest absolute Gasteiger partial charge is 0.260 e. The van der Waals surface area contributed by atoms with Gasteiger partial charge in [-0.05, 0) is 31.5 Å². The summed E-state index contributed by atoms with van der Waals surface area (Å²) in [6.45, 7) is 4.28. The van der Waals surface area contributed by atoms with E-state index in [1.165, 1.54) is 15.8 Å². The molecule has 0 N–H and O–H groups in total. The van der Waals surface area contributed by atoms with Crippen LogP contribution in [0.3, 0.4) is 0 Å². The van der Waals surface area contributed by atoms with E-state index in [1.54, 1.807) is 29.4 Å². The van der Waals surface area contributed by atoms with Crippen LogP contribution in [0.5, 0.6) is 0 Å². The summed E-state index contributed by atoms with van der Waals surface area (Å²) in [7, 11) is 0. The molecule has 3 nitrogen and oxygen atoms in total. The molecule has 3 rings (SSSR count). The van der Waals surface area contributed by atoms with Gasteiger partial charge in [-0.3, -0.25) is 4.98 Å². The molecule has 0 aliphatic heterocycles. The molecule has 19 heavy (non-hydrogen) atoms. The number of rotatable bonds is 3. The highest BCUT2D eigenvalue weighted by atomic mass is 32.2. The number of aromatic nitrogens is 3. The third-order valence-electron chi connectivity index (χ3n) is 3.01. The van der Waals surface area contributed by atoms with Gasteiger partial charge in [-0.15, -0.1) is 11.3 Å². The highest BCUT2D eigenvalue weighted by Gasteiger charge is 2.12. The molecule has 0 aliphatic carbocycles. The number of thiophene rings is 1. The second-order valence-electron chi connectivity index (χ2n) is 4.25. The highest BCUT2D eigenvalue weighted by Crippen LogP contribution is 2.35. The molecule has 0 amide bonds. The first-order valence-electron chi connectivity index (χ1n) is 5.99. The van der Waals surface area contributed by atoms with Gasteiger partial charge in [0.05, 0.1) is 5.69 Å². The quantitative estimate of drug-likeness (QED) is 0.539. The maximum absolute atomic E-state index is 4.43. The van der Waals surface area contributed by atoms with Crippen molar-refractivity contribution in [1.82, 2.24) is 15.0 Å². The van der Waals surface area contributed by atoms with E-state index in [0.29, 0.717) is 0 Å². The minimum atomic E-state index is 0.835. The molecule has 5 heteroatoms. The molecule has 0 fully saturated rings. The molecule has 3 heterocycles. The Morgan fingerprint density at radius 1 is 1.16 bits per heavy atom. The average molecular weight is 287 g/mol. The number of hydrogen-bond donors (Lipinski definition) is 0. The lowest BCUT2D eigenvalue weighted by atomic mass is 10.2. The van der Waals surface area contributed by atoms with Crippen LogP contribution in [0.15, 0.2) is 35.7 Å². The van der Waals surface area contributed by atoms with Crippen molar-refractivity contribution >= 4 is 33.3 Å². The van der Waals surface area contributed by atoms with Gasteiger partial charge in [-0.1, -0.05) is 17.8 Å². The minimum absolute atomic E-state index is 0.835. The molecule has 3 aromatic rings. The zero-order valence-electron chi connectivity index (χ0n) is 10.8. The lowest BCUT2D eigenvalue weighted by Gasteiger charge is -2.02. The molecule has 0 saturated carbocycles. The SMILES string of the molecule is Cc1sc2ncnc(SCc3ccccn3)c2c1C. The summed E-state index contributed by atoms with van der Waals surface area (Å²) in [5.74, 6) is 0.835. The number of hydrogen-bond acceptors (Lipinski definition) is 5. The third-order valence-corrected chi connectivity index (χ3v) is 5.15. The van der Waals surface area contributed by atoms with Gasteiger partial charge in [0.2, 0.25) is 0 Å². The van der Waals surface area contributed by atoms with Gasteiger partial charge >= 0.3 is 0 Å². The predicted molar refractivity (Wildman–Crippen MR) is 80.7 cm³/mol. The van der Waals surface area contributed by atoms with Gasteiger partial charge in [-0.2, -0.15) is 0 Å². The van der Waals surface area contributed by atoms with E-state index in [-0.39, 0.29) is 0 Å². The van der Waals surface area contributed by atoms with Gasteiger partial charge in [-0.25, -0.2) is 9.97 Å². The van der Waals surface area contributed by atoms with Gasteiger partial charge < -0.3 is 0 Å². The van der Waals surface area contributed by atoms with Crippen molar-refractivity contribution in [2.75, 3.05) is 0 Å². The normalized spacial score (nSPS) is 11.1. The molecular weight excluding hydrogens is 274 g/mol. The first kappa shape index (κ1) is 12.6. The molecule has 96 valence electrons. The van der Waals surface area contributed by atoms with Crippen molar-refractivity contribution < 1.29 is 0 Å². The molecule has 0 aromatic carbocycles. The van der Waals surface area contributed by atoms with Crippen molar-refractivity contribution in [3.05, 3.63) is 46.9 Å². The smallest absolute Gasteiger partial charge is 0.128 e. The van der Waals surface area contributed by atoms with E-state index >= 15 is 0 Å². The van der Waals surface area contributed by atoms with Crippen LogP contribution in [0, 0.1) is 13.8 Å². The lowest BCUT2D eigenvalue weighted by molar-refractivity contribution is 1.09. The molecule has 0 spiro atoms. The number of pyridine rings is 1. The standard InChI is InChI=1S/C14H13N3S2/c1-9-10(2)19-14-12(9)13(16-8-17-14)18-7-11-5-3-4-6-15-11/h3-6,8H,7H2,1-2H3. The Bertz CT molecular complexity index is 707. The second kappa shape index (κ2) is 5.27. The summed E-state index contributed by atoms with van der Waals surface area (Å²) in [5, 5.41) is 2.25. The van der Waals surface area contributed by atoms with Crippen LogP contribution >= 0.6 is 23.1 Å². The zero-order valence-corrected chi connectivity index (χ0v) is 12.4. The molecule has 3 aromatic heterocycles. The summed E-state index contributed by atoms with van der Waals surface area (Å²) in [6.07, 6.45) is 3.48. The van der Waals surface area contributed by atoms with Crippen LogP contribution in [0.25, 0.3) is 10.2 Å². The van der Waals surface area contributed by atoms with Crippen molar-refractivity contribution in [3.8, 4) is 0 Å². The molecule has 0 unspecified atom stereocenters. The summed E-state index contributed by atoms with van der Waals surface area (Å²) < 4.78 is 0. The Labute approximate surface area is 120 Å². The van der Waals surface area contributed by atoms with Gasteiger partial charge in [0.25, 0.3) is 0 Å². The van der Waals surface area contributed by atoms with Crippen molar-refractivity contribution in [2.24, 2.45) is 0 Å². The maximum atomic E-state index is 4.43. The van der Waals surface area contributed by atoms with Crippen molar-refractivity contribution in [2.45, 2.75) is 24.6 Å². The van der Waals surface area contributed by atoms with Gasteiger partial charge in [0.15, 0.2) is 0 Å². The Kier molecular flexibility index (Phi) is 3.48. The van der Waals surface area contributed by atoms with Crippen LogP contribution in [-0.2, 0) is 5.75 Å². The maximum Gasteiger partial charge on any atom is 0.128 e. The molecule has 0 atom stereocenters. The summed E-state index contributed by atoms with van der Waals surface area (Å²) >= 11 is 3.46. The number of aryl methyl sites for hydroxylation is 2. The minimum Gasteiger partial charge on any atom is -0.260 e. The van der Waals surface area contributed by atoms with E-state index < -0.39 is 0 Å². The summed E-state index contributed by atoms with van der Waals surface area (Å²) in [4.78, 5) is 15.5. The molecule has 0 bridgehead atoms. The van der Waals surface area contributed by atoms with Crippen molar-refractivity contribution in [1.29, 1.82) is 0 Å².